The number of halogens is 4. The Bertz CT molecular complexity index is 1230. The monoisotopic (exact) mass is 378 g/mol. The summed E-state index contributed by atoms with van der Waals surface area (Å²) in [5.41, 5.74) is 5.45. The zero-order valence-corrected chi connectivity index (χ0v) is 13.7. The fraction of sp³-hybridized carbons (Fsp3) is 0.0588. The number of nitrogens with zero attached hydrogens (tertiary/aromatic N) is 1. The van der Waals surface area contributed by atoms with Crippen molar-refractivity contribution in [1.29, 1.82) is 0 Å². The third-order valence-corrected chi connectivity index (χ3v) is 4.44. The molecular formula is C17H10ClF3N4O. The number of fused-ring (bicyclic) bond motifs is 2. The van der Waals surface area contributed by atoms with Crippen molar-refractivity contribution in [3.63, 3.8) is 0 Å². The lowest BCUT2D eigenvalue weighted by molar-refractivity contribution is -0.136. The van der Waals surface area contributed by atoms with Gasteiger partial charge in [0.25, 0.3) is 5.56 Å². The number of rotatable bonds is 1. The van der Waals surface area contributed by atoms with Crippen LogP contribution in [-0.4, -0.2) is 15.2 Å². The molecule has 0 bridgehead atoms. The van der Waals surface area contributed by atoms with Crippen molar-refractivity contribution in [2.75, 3.05) is 5.73 Å². The molecule has 0 saturated carbocycles. The average molecular weight is 379 g/mol. The van der Waals surface area contributed by atoms with Gasteiger partial charge in [-0.3, -0.25) is 9.89 Å². The van der Waals surface area contributed by atoms with Crippen molar-refractivity contribution in [2.45, 2.75) is 6.18 Å². The van der Waals surface area contributed by atoms with E-state index in [1.165, 1.54) is 12.3 Å². The molecule has 0 aliphatic carbocycles. The first-order chi connectivity index (χ1) is 12.3. The molecule has 4 rings (SSSR count). The predicted octanol–water partition coefficient (Wildman–Crippen LogP) is 4.33. The molecule has 0 amide bonds. The summed E-state index contributed by atoms with van der Waals surface area (Å²) in [4.78, 5) is 14.8. The van der Waals surface area contributed by atoms with Gasteiger partial charge in [-0.05, 0) is 29.8 Å². The summed E-state index contributed by atoms with van der Waals surface area (Å²) in [6.45, 7) is 0. The van der Waals surface area contributed by atoms with Crippen molar-refractivity contribution < 1.29 is 13.2 Å². The van der Waals surface area contributed by atoms with E-state index in [0.29, 0.717) is 27.1 Å². The molecule has 0 unspecified atom stereocenters. The lowest BCUT2D eigenvalue weighted by atomic mass is 9.95. The molecule has 4 N–H and O–H groups in total. The maximum Gasteiger partial charge on any atom is 0.418 e. The molecule has 5 nitrogen and oxygen atoms in total. The minimum absolute atomic E-state index is 0.109. The highest BCUT2D eigenvalue weighted by Gasteiger charge is 2.34. The first-order valence-electron chi connectivity index (χ1n) is 7.42. The fourth-order valence-electron chi connectivity index (χ4n) is 3.06. The molecule has 2 heterocycles. The van der Waals surface area contributed by atoms with E-state index in [0.717, 1.165) is 6.07 Å². The second kappa shape index (κ2) is 5.50. The Hall–Kier alpha value is -3.00. The van der Waals surface area contributed by atoms with Crippen LogP contribution in [0.15, 0.2) is 41.3 Å². The Kier molecular flexibility index (Phi) is 3.48. The maximum absolute atomic E-state index is 13.2. The number of nitrogen functional groups attached to an aromatic ring is 1. The molecule has 132 valence electrons. The quantitative estimate of drug-likeness (QED) is 0.461. The fourth-order valence-corrected chi connectivity index (χ4v) is 3.23. The number of aromatic amines is 2. The molecule has 2 aromatic carbocycles. The molecule has 4 aromatic rings. The Morgan fingerprint density at radius 2 is 1.88 bits per heavy atom. The first-order valence-corrected chi connectivity index (χ1v) is 7.80. The highest BCUT2D eigenvalue weighted by atomic mass is 35.5. The van der Waals surface area contributed by atoms with Gasteiger partial charge in [-0.25, -0.2) is 0 Å². The second-order valence-corrected chi connectivity index (χ2v) is 6.19. The summed E-state index contributed by atoms with van der Waals surface area (Å²) in [5, 5.41) is 7.24. The highest BCUT2D eigenvalue weighted by molar-refractivity contribution is 6.31. The maximum atomic E-state index is 13.2. The molecule has 0 aliphatic heterocycles. The largest absolute Gasteiger partial charge is 0.418 e. The zero-order chi connectivity index (χ0) is 18.6. The molecule has 9 heteroatoms. The molecule has 0 fully saturated rings. The standard InChI is InChI=1S/C17H10ClF3N4O/c18-7-1-4-12-9(5-7)13(14(22)16(26)24-12)8-2-3-11(17(19,20)21)15-10(8)6-23-25-15/h1-6H,22H2,(H,23,25)(H,24,26). The van der Waals surface area contributed by atoms with Gasteiger partial charge in [-0.15, -0.1) is 0 Å². The number of anilines is 1. The van der Waals surface area contributed by atoms with E-state index in [-0.39, 0.29) is 16.6 Å². The van der Waals surface area contributed by atoms with Crippen LogP contribution in [0.1, 0.15) is 5.56 Å². The van der Waals surface area contributed by atoms with Gasteiger partial charge in [-0.1, -0.05) is 17.7 Å². The van der Waals surface area contributed by atoms with Gasteiger partial charge >= 0.3 is 6.18 Å². The number of benzene rings is 2. The number of aromatic nitrogens is 3. The van der Waals surface area contributed by atoms with E-state index in [2.05, 4.69) is 15.2 Å². The summed E-state index contributed by atoms with van der Waals surface area (Å²) in [6.07, 6.45) is -3.27. The van der Waals surface area contributed by atoms with Crippen LogP contribution in [0.4, 0.5) is 18.9 Å². The Labute approximate surface area is 148 Å². The summed E-state index contributed by atoms with van der Waals surface area (Å²) in [5.74, 6) is 0. The van der Waals surface area contributed by atoms with Crippen LogP contribution < -0.4 is 11.3 Å². The van der Waals surface area contributed by atoms with E-state index in [4.69, 9.17) is 17.3 Å². The number of hydrogen-bond acceptors (Lipinski definition) is 3. The highest BCUT2D eigenvalue weighted by Crippen LogP contribution is 2.40. The number of nitrogens with one attached hydrogen (secondary N) is 2. The van der Waals surface area contributed by atoms with E-state index in [1.807, 2.05) is 0 Å². The van der Waals surface area contributed by atoms with Gasteiger partial charge in [0.2, 0.25) is 0 Å². The number of alkyl halides is 3. The average Bonchev–Trinajstić information content (AvgIpc) is 3.05. The Morgan fingerprint density at radius 3 is 2.62 bits per heavy atom. The summed E-state index contributed by atoms with van der Waals surface area (Å²) in [7, 11) is 0. The van der Waals surface area contributed by atoms with Crippen molar-refractivity contribution in [2.24, 2.45) is 0 Å². The number of pyridine rings is 1. The molecule has 26 heavy (non-hydrogen) atoms. The first kappa shape index (κ1) is 16.5. The van der Waals surface area contributed by atoms with Gasteiger partial charge in [-0.2, -0.15) is 18.3 Å². The Morgan fingerprint density at radius 1 is 1.12 bits per heavy atom. The van der Waals surface area contributed by atoms with E-state index >= 15 is 0 Å². The van der Waals surface area contributed by atoms with Crippen LogP contribution in [-0.2, 0) is 6.18 Å². The van der Waals surface area contributed by atoms with Crippen LogP contribution in [0.2, 0.25) is 5.02 Å². The van der Waals surface area contributed by atoms with Gasteiger partial charge in [0.05, 0.1) is 17.3 Å². The summed E-state index contributed by atoms with van der Waals surface area (Å²) < 4.78 is 39.7. The smallest absolute Gasteiger partial charge is 0.394 e. The third kappa shape index (κ3) is 2.41. The van der Waals surface area contributed by atoms with Gasteiger partial charge in [0.15, 0.2) is 0 Å². The number of nitrogens with two attached hydrogens (primary N) is 1. The minimum atomic E-state index is -4.55. The summed E-state index contributed by atoms with van der Waals surface area (Å²) >= 11 is 6.05. The van der Waals surface area contributed by atoms with Crippen molar-refractivity contribution in [3.05, 3.63) is 57.5 Å². The number of H-pyrrole nitrogens is 2. The minimum Gasteiger partial charge on any atom is -0.394 e. The summed E-state index contributed by atoms with van der Waals surface area (Å²) in [6, 6.07) is 7.03. The van der Waals surface area contributed by atoms with Crippen LogP contribution in [0.3, 0.4) is 0 Å². The SMILES string of the molecule is Nc1c(-c2ccc(C(F)(F)F)c3[nH]ncc23)c2cc(Cl)ccc2[nH]c1=O. The lowest BCUT2D eigenvalue weighted by Gasteiger charge is -2.14. The van der Waals surface area contributed by atoms with E-state index < -0.39 is 17.3 Å². The van der Waals surface area contributed by atoms with Crippen molar-refractivity contribution in [3.8, 4) is 11.1 Å². The predicted molar refractivity (Wildman–Crippen MR) is 94.1 cm³/mol. The van der Waals surface area contributed by atoms with Crippen LogP contribution in [0.5, 0.6) is 0 Å². The topological polar surface area (TPSA) is 87.6 Å². The van der Waals surface area contributed by atoms with Gasteiger partial charge < -0.3 is 10.7 Å². The molecule has 0 atom stereocenters. The van der Waals surface area contributed by atoms with E-state index in [9.17, 15) is 18.0 Å². The molecule has 0 aliphatic rings. The molecule has 0 saturated heterocycles. The molecule has 0 spiro atoms. The van der Waals surface area contributed by atoms with Crippen LogP contribution >= 0.6 is 11.6 Å². The lowest BCUT2D eigenvalue weighted by Crippen LogP contribution is -2.13. The third-order valence-electron chi connectivity index (χ3n) is 4.20. The Balaban J connectivity index is 2.15. The second-order valence-electron chi connectivity index (χ2n) is 5.75. The van der Waals surface area contributed by atoms with Crippen LogP contribution in [0.25, 0.3) is 32.9 Å². The molecule has 0 radical (unpaired) electrons. The molecule has 2 aromatic heterocycles. The normalized spacial score (nSPS) is 12.2. The van der Waals surface area contributed by atoms with E-state index in [1.54, 1.807) is 18.2 Å². The zero-order valence-electron chi connectivity index (χ0n) is 12.9. The van der Waals surface area contributed by atoms with Crippen molar-refractivity contribution in [1.82, 2.24) is 15.2 Å². The van der Waals surface area contributed by atoms with Crippen molar-refractivity contribution >= 4 is 39.1 Å². The van der Waals surface area contributed by atoms with Gasteiger partial charge in [0.1, 0.15) is 5.69 Å². The van der Waals surface area contributed by atoms with Crippen LogP contribution in [0, 0.1) is 0 Å². The number of hydrogen-bond donors (Lipinski definition) is 3. The van der Waals surface area contributed by atoms with Gasteiger partial charge in [0, 0.05) is 26.9 Å². The molecular weight excluding hydrogens is 369 g/mol.